The van der Waals surface area contributed by atoms with Gasteiger partial charge in [-0.3, -0.25) is 14.0 Å². The predicted molar refractivity (Wildman–Crippen MR) is 576 cm³/mol. The van der Waals surface area contributed by atoms with Crippen molar-refractivity contribution >= 4 is 137 Å². The topological polar surface area (TPSA) is 446 Å². The third-order valence-corrected chi connectivity index (χ3v) is 25.0. The van der Waals surface area contributed by atoms with Crippen molar-refractivity contribution in [1.29, 1.82) is 0 Å². The van der Waals surface area contributed by atoms with Gasteiger partial charge in [-0.1, -0.05) is 216 Å². The highest BCUT2D eigenvalue weighted by Crippen LogP contribution is 2.36. The van der Waals surface area contributed by atoms with Crippen LogP contribution >= 0.6 is 0 Å². The molecule has 1 fully saturated rings. The molecule has 15 heterocycles. The molecule has 44 heteroatoms. The molecule has 0 unspecified atom stereocenters. The minimum absolute atomic E-state index is 0.0373. The third-order valence-electron chi connectivity index (χ3n) is 25.0. The second-order valence-corrected chi connectivity index (χ2v) is 37.4. The molecule has 772 valence electrons. The number of aliphatic hydroxyl groups is 2. The monoisotopic (exact) mass is 2030 g/mol. The van der Waals surface area contributed by atoms with Crippen LogP contribution in [0.25, 0.3) is 67.0 Å². The van der Waals surface area contributed by atoms with Crippen LogP contribution in [0, 0.1) is 32.1 Å². The van der Waals surface area contributed by atoms with Crippen LogP contribution in [0.3, 0.4) is 0 Å². The van der Waals surface area contributed by atoms with E-state index in [0.29, 0.717) is 149 Å². The van der Waals surface area contributed by atoms with E-state index in [1.807, 2.05) is 307 Å². The Morgan fingerprint density at radius 2 is 0.840 bits per heavy atom. The highest BCUT2D eigenvalue weighted by molar-refractivity contribution is 5.90. The Hall–Kier alpha value is -17.8. The maximum atomic E-state index is 13.9. The molecule has 41 nitrogen and oxygen atoms in total. The van der Waals surface area contributed by atoms with Gasteiger partial charge in [0.25, 0.3) is 0 Å². The molecule has 9 N–H and O–H groups in total. The minimum Gasteiger partial charge on any atom is -0.395 e. The van der Waals surface area contributed by atoms with Gasteiger partial charge in [-0.15, -0.1) is 0 Å². The summed E-state index contributed by atoms with van der Waals surface area (Å²) in [6, 6.07) is 65.9. The summed E-state index contributed by atoms with van der Waals surface area (Å²) in [6.07, 6.45) is 12.5. The van der Waals surface area contributed by atoms with Crippen molar-refractivity contribution < 1.29 is 23.4 Å². The lowest BCUT2D eigenvalue weighted by atomic mass is 9.92. The van der Waals surface area contributed by atoms with Crippen LogP contribution in [-0.2, 0) is 87.0 Å². The second-order valence-electron chi connectivity index (χ2n) is 37.4. The Balaban J connectivity index is 0.000000123. The number of benzene rings is 6. The summed E-state index contributed by atoms with van der Waals surface area (Å²) in [5.41, 5.74) is 17.3. The van der Waals surface area contributed by atoms with Crippen LogP contribution in [0.15, 0.2) is 238 Å². The van der Waals surface area contributed by atoms with Crippen LogP contribution in [-0.4, -0.2) is 184 Å². The lowest BCUT2D eigenvalue weighted by molar-refractivity contribution is 0.276. The van der Waals surface area contributed by atoms with Gasteiger partial charge < -0.3 is 84.6 Å². The Bertz CT molecular complexity index is 8040. The molecule has 15 aromatic heterocycles. The second kappa shape index (κ2) is 47.1. The standard InChI is InChI=1S/C22H28N8O.2C19H22N8.C17H18FN5.C15H16FN5.C14H14FN5O/c1-22(2,3)16-11-17(28-30(16)5)25-19-18-20(29(4)13-23-18)27-21(26-19)24-15(12-31)14-9-7-6-8-10-14;1-13-10-15(24-27(13)4)21-17-16-18(26(3)12-20-16)23-19(22-17)25(2)11-14-8-6-5-7-9-14;1-13-10-15(24-27(13)4)26(3)18-16-17(25(2)12-21-16)22-19(23-18)20-11-14-8-6-5-7-9-14;18-17-21-15(19-10-12-6-2-1-3-7-12)14-16(22-17)23(11-20-14)13-8-4-5-9-13;1-10(2)21-9-18-12-13(19-15(16)20-14(12)21)17-8-11-6-4-3-5-7-11;15-14-18-12(16-8-10-4-2-1-3-5-10)11-13(19-14)20(6-7-21)9-17-11/h6-11,13,15,31H,12H2,1-5H3,(H2,24,25,26,27,28);5-10,12H,11H2,1-4H3,(H,21,22,23,24);5-10,12H,11H2,1-4H3,(H,20,22,23);1-3,6-7,11,13H,4-5,8-10H2,(H,19,21,22);3-7,9-10H,8H2,1-2H3,(H,17,19,20);1-5,9,21H,6-8H2,(H,16,18,19)/t15-;;;;;/m1...../s1. The number of hydrogen-bond donors (Lipinski definition) is 9. The number of fused-ring (bicyclic) bond motifs is 6. The number of nitrogens with one attached hydrogen (secondary N) is 7. The van der Waals surface area contributed by atoms with Gasteiger partial charge in [0.2, 0.25) is 17.8 Å². The maximum Gasteiger partial charge on any atom is 0.312 e. The average Bonchev–Trinajstić information content (AvgIpc) is 1.66. The van der Waals surface area contributed by atoms with E-state index in [4.69, 9.17) is 20.1 Å². The molecule has 150 heavy (non-hydrogen) atoms. The number of hydrogen-bond acceptors (Lipinski definition) is 32. The molecule has 0 aliphatic heterocycles. The summed E-state index contributed by atoms with van der Waals surface area (Å²) in [5, 5.41) is 55.0. The summed E-state index contributed by atoms with van der Waals surface area (Å²) in [6.45, 7) is 17.6. The highest BCUT2D eigenvalue weighted by Gasteiger charge is 2.28. The number of aliphatic hydroxyl groups excluding tert-OH is 2. The van der Waals surface area contributed by atoms with Crippen molar-refractivity contribution in [1.82, 2.24) is 146 Å². The normalized spacial score (nSPS) is 12.1. The Morgan fingerprint density at radius 3 is 1.34 bits per heavy atom. The first-order chi connectivity index (χ1) is 72.5. The number of nitrogens with zero attached hydrogens (tertiary/aromatic N) is 32. The fraction of sp³-hybridized carbons (Fsp3) is 0.292. The summed E-state index contributed by atoms with van der Waals surface area (Å²) >= 11 is 0. The van der Waals surface area contributed by atoms with Gasteiger partial charge in [-0.05, 0) is 73.9 Å². The zero-order chi connectivity index (χ0) is 105. The summed E-state index contributed by atoms with van der Waals surface area (Å²) in [4.78, 5) is 81.4. The van der Waals surface area contributed by atoms with E-state index in [1.165, 1.54) is 30.3 Å². The number of aryl methyl sites for hydroxylation is 8. The number of aromatic nitrogens is 30. The zero-order valence-corrected chi connectivity index (χ0v) is 86.1. The molecule has 1 aliphatic carbocycles. The zero-order valence-electron chi connectivity index (χ0n) is 86.1. The smallest absolute Gasteiger partial charge is 0.312 e. The summed E-state index contributed by atoms with van der Waals surface area (Å²) in [7, 11) is 15.4. The van der Waals surface area contributed by atoms with Crippen LogP contribution in [0.2, 0.25) is 0 Å². The van der Waals surface area contributed by atoms with Crippen molar-refractivity contribution in [3.05, 3.63) is 307 Å². The maximum absolute atomic E-state index is 13.9. The molecule has 0 spiro atoms. The van der Waals surface area contributed by atoms with Crippen LogP contribution < -0.4 is 47.0 Å². The summed E-state index contributed by atoms with van der Waals surface area (Å²) in [5.74, 6) is 6.95. The molecule has 21 aromatic rings. The molecule has 1 atom stereocenters. The van der Waals surface area contributed by atoms with Crippen molar-refractivity contribution in [3.63, 3.8) is 0 Å². The number of halogens is 3. The Labute approximate surface area is 862 Å². The first-order valence-electron chi connectivity index (χ1n) is 49.0. The van der Waals surface area contributed by atoms with Crippen LogP contribution in [0.5, 0.6) is 0 Å². The number of imidazole rings is 6. The van der Waals surface area contributed by atoms with Crippen molar-refractivity contribution in [2.75, 3.05) is 74.3 Å². The molecular weight excluding hydrogens is 1910 g/mol. The summed E-state index contributed by atoms with van der Waals surface area (Å²) < 4.78 is 57.6. The quantitative estimate of drug-likeness (QED) is 0.0197. The van der Waals surface area contributed by atoms with Gasteiger partial charge in [-0.2, -0.15) is 88.3 Å². The molecule has 1 aliphatic rings. The molecule has 1 saturated carbocycles. The molecule has 0 radical (unpaired) electrons. The first kappa shape index (κ1) is 104. The van der Waals surface area contributed by atoms with Crippen LogP contribution in [0.1, 0.15) is 129 Å². The van der Waals surface area contributed by atoms with Gasteiger partial charge in [0.1, 0.15) is 0 Å². The SMILES string of the molecule is CC(C)n1cnc2c(NCc3ccccc3)nc(F)nc21.Cc1cc(N(C)c2nc(NCc3ccccc3)nc3c2ncn3C)nn1C.Cc1cc(Nc2nc(N(C)Cc3ccccc3)nc3c2ncn3C)nn1C.Cn1nc(Nc2nc(N[C@H](CO)c3ccccc3)nc3c2ncn3C)cc1C(C)(C)C.Fc1nc(NCc2ccccc2)c2ncn(C3CCCC3)c2n1.OCCn1cnc2c(NCc3ccccc3)nc(F)nc21. The highest BCUT2D eigenvalue weighted by atomic mass is 19.1. The van der Waals surface area contributed by atoms with E-state index >= 15 is 0 Å². The fourth-order valence-corrected chi connectivity index (χ4v) is 16.9. The molecule has 6 aromatic carbocycles. The van der Waals surface area contributed by atoms with Crippen molar-refractivity contribution in [2.24, 2.45) is 42.3 Å². The predicted octanol–water partition coefficient (Wildman–Crippen LogP) is 17.3. The largest absolute Gasteiger partial charge is 0.395 e. The molecular formula is C106H120F3N39O2. The van der Waals surface area contributed by atoms with Crippen molar-refractivity contribution in [3.8, 4) is 0 Å². The Morgan fingerprint density at radius 1 is 0.413 bits per heavy atom. The van der Waals surface area contributed by atoms with Crippen molar-refractivity contribution in [2.45, 2.75) is 137 Å². The molecule has 0 bridgehead atoms. The first-order valence-corrected chi connectivity index (χ1v) is 49.0. The lowest BCUT2D eigenvalue weighted by Gasteiger charge is -2.18. The van der Waals surface area contributed by atoms with Gasteiger partial charge >= 0.3 is 18.2 Å². The van der Waals surface area contributed by atoms with E-state index in [2.05, 4.69) is 172 Å². The van der Waals surface area contributed by atoms with Gasteiger partial charge in [-0.25, -0.2) is 29.9 Å². The Kier molecular flexibility index (Phi) is 32.5. The molecule has 0 amide bonds. The number of rotatable bonds is 29. The number of anilines is 12. The van der Waals surface area contributed by atoms with E-state index < -0.39 is 18.2 Å². The lowest BCUT2D eigenvalue weighted by Crippen LogP contribution is -2.20. The fourth-order valence-electron chi connectivity index (χ4n) is 16.9. The average molecular weight is 2030 g/mol. The van der Waals surface area contributed by atoms with E-state index in [0.717, 1.165) is 86.1 Å². The van der Waals surface area contributed by atoms with Gasteiger partial charge in [0, 0.05) is 148 Å². The molecule has 22 rings (SSSR count). The van der Waals surface area contributed by atoms with Crippen LogP contribution in [0.4, 0.5) is 83.4 Å². The van der Waals surface area contributed by atoms with Gasteiger partial charge in [0.05, 0.1) is 57.2 Å². The molecule has 0 saturated heterocycles. The van der Waals surface area contributed by atoms with E-state index in [9.17, 15) is 18.3 Å². The van der Waals surface area contributed by atoms with E-state index in [1.54, 1.807) is 36.2 Å². The van der Waals surface area contributed by atoms with Gasteiger partial charge in [0.15, 0.2) is 119 Å². The van der Waals surface area contributed by atoms with E-state index in [-0.39, 0.29) is 30.7 Å². The minimum atomic E-state index is -0.822. The third kappa shape index (κ3) is 25.1.